The molecule has 0 aromatic rings. The lowest BCUT2D eigenvalue weighted by Gasteiger charge is -1.98. The van der Waals surface area contributed by atoms with Gasteiger partial charge in [-0.05, 0) is 13.3 Å². The highest BCUT2D eigenvalue weighted by Crippen LogP contribution is 1.97. The lowest BCUT2D eigenvalue weighted by Crippen LogP contribution is -1.97. The van der Waals surface area contributed by atoms with Crippen molar-refractivity contribution in [1.82, 2.24) is 0 Å². The summed E-state index contributed by atoms with van der Waals surface area (Å²) in [5.41, 5.74) is -0.431. The summed E-state index contributed by atoms with van der Waals surface area (Å²) in [6.07, 6.45) is 3.19. The summed E-state index contributed by atoms with van der Waals surface area (Å²) in [5, 5.41) is 24.3. The lowest BCUT2D eigenvalue weighted by atomic mass is 10.2. The van der Waals surface area contributed by atoms with E-state index >= 15 is 0 Å². The van der Waals surface area contributed by atoms with Crippen LogP contribution in [0.3, 0.4) is 0 Å². The average molecular weight is 199 g/mol. The molecule has 0 radical (unpaired) electrons. The van der Waals surface area contributed by atoms with E-state index in [2.05, 4.69) is 13.5 Å². The molecule has 0 aromatic carbocycles. The maximum Gasteiger partial charge on any atom is 0.345 e. The summed E-state index contributed by atoms with van der Waals surface area (Å²) in [6.45, 7) is 6.87. The van der Waals surface area contributed by atoms with Crippen molar-refractivity contribution in [3.05, 3.63) is 12.2 Å². The molecule has 0 aliphatic rings. The van der Waals surface area contributed by atoms with Crippen molar-refractivity contribution in [2.24, 2.45) is 0 Å². The van der Waals surface area contributed by atoms with Gasteiger partial charge in [-0.3, -0.25) is 0 Å². The second-order valence-electron chi connectivity index (χ2n) is 2.89. The molecule has 0 aliphatic heterocycles. The minimum absolute atomic E-state index is 0.0973. The summed E-state index contributed by atoms with van der Waals surface area (Å²) in [6, 6.07) is 1.37. The Labute approximate surface area is 84.5 Å². The molecule has 0 spiro atoms. The monoisotopic (exact) mass is 199 g/mol. The van der Waals surface area contributed by atoms with E-state index in [0.717, 1.165) is 12.8 Å². The number of hydrogen-bond donors (Lipinski definition) is 2. The molecule has 1 atom stereocenters. The van der Waals surface area contributed by atoms with Gasteiger partial charge in [0, 0.05) is 0 Å². The standard InChI is InChI=1S/C6H14O.C4H3NO2/c1-3-4-5-6(2)7;1-3(2-5)4(6)7/h6-7H,3-5H2,1-2H3;1H2,(H,6,7). The summed E-state index contributed by atoms with van der Waals surface area (Å²) in [4.78, 5) is 9.61. The number of aliphatic hydroxyl groups is 1. The first-order valence-corrected chi connectivity index (χ1v) is 4.46. The fraction of sp³-hybridized carbons (Fsp3) is 0.600. The van der Waals surface area contributed by atoms with Crippen LogP contribution < -0.4 is 0 Å². The van der Waals surface area contributed by atoms with Crippen LogP contribution in [0.5, 0.6) is 0 Å². The largest absolute Gasteiger partial charge is 0.477 e. The zero-order chi connectivity index (χ0) is 11.6. The van der Waals surface area contributed by atoms with Crippen molar-refractivity contribution in [2.45, 2.75) is 39.2 Å². The molecule has 0 saturated carbocycles. The quantitative estimate of drug-likeness (QED) is 0.533. The SMILES string of the molecule is C=C(C#N)C(=O)O.CCCCC(C)O. The van der Waals surface area contributed by atoms with Crippen LogP contribution in [-0.2, 0) is 4.79 Å². The number of nitrogens with zero attached hydrogens (tertiary/aromatic N) is 1. The molecule has 4 nitrogen and oxygen atoms in total. The highest BCUT2D eigenvalue weighted by molar-refractivity contribution is 5.90. The van der Waals surface area contributed by atoms with Gasteiger partial charge in [-0.1, -0.05) is 26.3 Å². The van der Waals surface area contributed by atoms with Gasteiger partial charge < -0.3 is 10.2 Å². The number of unbranched alkanes of at least 4 members (excludes halogenated alkanes) is 1. The van der Waals surface area contributed by atoms with Crippen molar-refractivity contribution < 1.29 is 15.0 Å². The van der Waals surface area contributed by atoms with Gasteiger partial charge in [0.05, 0.1) is 6.10 Å². The molecule has 4 heteroatoms. The van der Waals surface area contributed by atoms with Crippen LogP contribution in [0, 0.1) is 11.3 Å². The number of nitriles is 1. The normalized spacial score (nSPS) is 10.4. The van der Waals surface area contributed by atoms with Crippen LogP contribution in [0.1, 0.15) is 33.1 Å². The molecule has 80 valence electrons. The van der Waals surface area contributed by atoms with Gasteiger partial charge in [0.25, 0.3) is 0 Å². The number of aliphatic hydroxyl groups excluding tert-OH is 1. The van der Waals surface area contributed by atoms with Gasteiger partial charge in [-0.15, -0.1) is 0 Å². The highest BCUT2D eigenvalue weighted by atomic mass is 16.4. The summed E-state index contributed by atoms with van der Waals surface area (Å²) < 4.78 is 0. The highest BCUT2D eigenvalue weighted by Gasteiger charge is 1.97. The molecule has 14 heavy (non-hydrogen) atoms. The van der Waals surface area contributed by atoms with Crippen molar-refractivity contribution in [2.75, 3.05) is 0 Å². The van der Waals surface area contributed by atoms with E-state index in [-0.39, 0.29) is 6.10 Å². The predicted octanol–water partition coefficient (Wildman–Crippen LogP) is 1.71. The van der Waals surface area contributed by atoms with Gasteiger partial charge in [0.15, 0.2) is 0 Å². The molecule has 0 fully saturated rings. The first-order chi connectivity index (χ1) is 6.45. The Morgan fingerprint density at radius 3 is 2.21 bits per heavy atom. The molecular weight excluding hydrogens is 182 g/mol. The van der Waals surface area contributed by atoms with E-state index < -0.39 is 11.5 Å². The third kappa shape index (κ3) is 13.3. The van der Waals surface area contributed by atoms with Crippen LogP contribution in [0.2, 0.25) is 0 Å². The minimum atomic E-state index is -1.26. The fourth-order valence-electron chi connectivity index (χ4n) is 0.547. The van der Waals surface area contributed by atoms with Gasteiger partial charge in [-0.25, -0.2) is 4.79 Å². The zero-order valence-corrected chi connectivity index (χ0v) is 8.66. The molecule has 1 unspecified atom stereocenters. The number of carboxylic acid groups (broad SMARTS) is 1. The molecular formula is C10H17NO3. The van der Waals surface area contributed by atoms with Gasteiger partial charge in [0.2, 0.25) is 0 Å². The van der Waals surface area contributed by atoms with Crippen molar-refractivity contribution >= 4 is 5.97 Å². The van der Waals surface area contributed by atoms with Crippen molar-refractivity contribution in [3.8, 4) is 6.07 Å². The van der Waals surface area contributed by atoms with E-state index in [0.29, 0.717) is 0 Å². The Hall–Kier alpha value is -1.34. The van der Waals surface area contributed by atoms with Crippen LogP contribution in [0.25, 0.3) is 0 Å². The smallest absolute Gasteiger partial charge is 0.345 e. The Bertz CT molecular complexity index is 216. The zero-order valence-electron chi connectivity index (χ0n) is 8.66. The molecule has 0 aromatic heterocycles. The summed E-state index contributed by atoms with van der Waals surface area (Å²) in [5.74, 6) is -1.26. The third-order valence-corrected chi connectivity index (χ3v) is 1.37. The summed E-state index contributed by atoms with van der Waals surface area (Å²) in [7, 11) is 0. The van der Waals surface area contributed by atoms with Gasteiger partial charge in [-0.2, -0.15) is 5.26 Å². The topological polar surface area (TPSA) is 81.3 Å². The molecule has 0 aliphatic carbocycles. The molecule has 2 N–H and O–H groups in total. The lowest BCUT2D eigenvalue weighted by molar-refractivity contribution is -0.132. The Morgan fingerprint density at radius 2 is 2.14 bits per heavy atom. The fourth-order valence-corrected chi connectivity index (χ4v) is 0.547. The molecule has 0 saturated heterocycles. The number of carboxylic acids is 1. The predicted molar refractivity (Wildman–Crippen MR) is 53.6 cm³/mol. The second kappa shape index (κ2) is 9.75. The maximum absolute atomic E-state index is 9.61. The molecule has 0 amide bonds. The number of aliphatic carboxylic acids is 1. The van der Waals surface area contributed by atoms with Crippen molar-refractivity contribution in [1.29, 1.82) is 5.26 Å². The number of carbonyl (C=O) groups is 1. The van der Waals surface area contributed by atoms with E-state index in [1.807, 2.05) is 6.92 Å². The summed E-state index contributed by atoms with van der Waals surface area (Å²) >= 11 is 0. The number of rotatable bonds is 4. The Kier molecular flexibility index (Phi) is 10.5. The molecule has 0 heterocycles. The van der Waals surface area contributed by atoms with E-state index in [9.17, 15) is 4.79 Å². The first kappa shape index (κ1) is 15.1. The van der Waals surface area contributed by atoms with Crippen LogP contribution >= 0.6 is 0 Å². The van der Waals surface area contributed by atoms with Crippen LogP contribution in [0.15, 0.2) is 12.2 Å². The molecule has 0 rings (SSSR count). The maximum atomic E-state index is 9.61. The van der Waals surface area contributed by atoms with Crippen LogP contribution in [-0.4, -0.2) is 22.3 Å². The van der Waals surface area contributed by atoms with Crippen molar-refractivity contribution in [3.63, 3.8) is 0 Å². The third-order valence-electron chi connectivity index (χ3n) is 1.37. The minimum Gasteiger partial charge on any atom is -0.477 e. The van der Waals surface area contributed by atoms with E-state index in [4.69, 9.17) is 15.5 Å². The van der Waals surface area contributed by atoms with Gasteiger partial charge in [0.1, 0.15) is 11.6 Å². The second-order valence-corrected chi connectivity index (χ2v) is 2.89. The Balaban J connectivity index is 0. The molecule has 0 bridgehead atoms. The average Bonchev–Trinajstić information content (AvgIpc) is 2.14. The first-order valence-electron chi connectivity index (χ1n) is 4.46. The van der Waals surface area contributed by atoms with Crippen LogP contribution in [0.4, 0.5) is 0 Å². The van der Waals surface area contributed by atoms with E-state index in [1.54, 1.807) is 0 Å². The van der Waals surface area contributed by atoms with Gasteiger partial charge >= 0.3 is 5.97 Å². The Morgan fingerprint density at radius 1 is 1.64 bits per heavy atom. The van der Waals surface area contributed by atoms with E-state index in [1.165, 1.54) is 12.5 Å². The number of hydrogen-bond acceptors (Lipinski definition) is 3.